The topological polar surface area (TPSA) is 85.6 Å². The van der Waals surface area contributed by atoms with Crippen LogP contribution in [0.15, 0.2) is 15.9 Å². The molecule has 18 heavy (non-hydrogen) atoms. The van der Waals surface area contributed by atoms with Crippen LogP contribution in [-0.4, -0.2) is 18.7 Å². The van der Waals surface area contributed by atoms with Crippen LogP contribution >= 0.6 is 0 Å². The van der Waals surface area contributed by atoms with E-state index in [1.54, 1.807) is 6.92 Å². The van der Waals surface area contributed by atoms with Gasteiger partial charge in [0.15, 0.2) is 11.2 Å². The number of imidazole rings is 1. The van der Waals surface area contributed by atoms with Gasteiger partial charge in [0.1, 0.15) is 6.54 Å². The number of aromatic nitrogens is 4. The minimum atomic E-state index is -0.394. The van der Waals surface area contributed by atoms with Gasteiger partial charge in [0, 0.05) is 13.1 Å². The fourth-order valence-electron chi connectivity index (χ4n) is 2.00. The van der Waals surface area contributed by atoms with Crippen LogP contribution in [0, 0.1) is 11.3 Å². The second-order valence-electron chi connectivity index (χ2n) is 3.78. The van der Waals surface area contributed by atoms with Crippen molar-refractivity contribution >= 4 is 11.2 Å². The lowest BCUT2D eigenvalue weighted by Crippen LogP contribution is -2.40. The van der Waals surface area contributed by atoms with Crippen LogP contribution in [0.25, 0.3) is 11.2 Å². The summed E-state index contributed by atoms with van der Waals surface area (Å²) in [6.45, 7) is 4.32. The standard InChI is InChI=1S/C11H13N5O2/c1-3-15-9-8(14(6-5-12)7-13-9)10(17)16(4-2)11(15)18/h7H,3-4,6H2,1-2H3. The highest BCUT2D eigenvalue weighted by Gasteiger charge is 2.15. The highest BCUT2D eigenvalue weighted by molar-refractivity contribution is 5.70. The van der Waals surface area contributed by atoms with Crippen molar-refractivity contribution in [1.82, 2.24) is 18.7 Å². The largest absolute Gasteiger partial charge is 0.332 e. The molecular formula is C11H13N5O2. The average Bonchev–Trinajstić information content (AvgIpc) is 2.75. The SMILES string of the molecule is CCn1c(=O)c2c(ncn2CC#N)n(CC)c1=O. The van der Waals surface area contributed by atoms with E-state index in [1.165, 1.54) is 15.5 Å². The number of rotatable bonds is 3. The quantitative estimate of drug-likeness (QED) is 0.759. The normalized spacial score (nSPS) is 10.7. The third-order valence-corrected chi connectivity index (χ3v) is 2.86. The predicted molar refractivity (Wildman–Crippen MR) is 65.2 cm³/mol. The maximum atomic E-state index is 12.2. The van der Waals surface area contributed by atoms with Crippen molar-refractivity contribution < 1.29 is 0 Å². The third kappa shape index (κ3) is 1.54. The lowest BCUT2D eigenvalue weighted by atomic mass is 10.4. The van der Waals surface area contributed by atoms with Crippen LogP contribution in [0.2, 0.25) is 0 Å². The molecule has 0 aliphatic rings. The molecule has 0 bridgehead atoms. The number of nitrogens with zero attached hydrogens (tertiary/aromatic N) is 5. The van der Waals surface area contributed by atoms with E-state index < -0.39 is 5.56 Å². The van der Waals surface area contributed by atoms with Gasteiger partial charge >= 0.3 is 5.69 Å². The van der Waals surface area contributed by atoms with Crippen LogP contribution in [0.1, 0.15) is 13.8 Å². The molecule has 0 saturated carbocycles. The molecule has 0 aliphatic heterocycles. The van der Waals surface area contributed by atoms with Crippen molar-refractivity contribution in [3.8, 4) is 6.07 Å². The molecule has 0 N–H and O–H groups in total. The molecule has 7 nitrogen and oxygen atoms in total. The molecule has 0 aromatic carbocycles. The van der Waals surface area contributed by atoms with Crippen molar-refractivity contribution in [1.29, 1.82) is 5.26 Å². The van der Waals surface area contributed by atoms with E-state index >= 15 is 0 Å². The van der Waals surface area contributed by atoms with Crippen LogP contribution in [0.3, 0.4) is 0 Å². The molecule has 7 heteroatoms. The molecule has 0 aliphatic carbocycles. The molecular weight excluding hydrogens is 234 g/mol. The summed E-state index contributed by atoms with van der Waals surface area (Å²) in [4.78, 5) is 28.3. The first-order valence-electron chi connectivity index (χ1n) is 5.71. The number of fused-ring (bicyclic) bond motifs is 1. The minimum absolute atomic E-state index is 0.0391. The first kappa shape index (κ1) is 12.1. The number of aryl methyl sites for hydroxylation is 1. The van der Waals surface area contributed by atoms with Crippen LogP contribution in [0.5, 0.6) is 0 Å². The maximum Gasteiger partial charge on any atom is 0.332 e. The van der Waals surface area contributed by atoms with Gasteiger partial charge in [-0.25, -0.2) is 9.78 Å². The number of nitriles is 1. The van der Waals surface area contributed by atoms with Crippen molar-refractivity contribution in [3.63, 3.8) is 0 Å². The third-order valence-electron chi connectivity index (χ3n) is 2.86. The smallest absolute Gasteiger partial charge is 0.311 e. The summed E-state index contributed by atoms with van der Waals surface area (Å²) in [7, 11) is 0. The molecule has 2 aromatic rings. The second kappa shape index (κ2) is 4.49. The van der Waals surface area contributed by atoms with Crippen molar-refractivity contribution in [2.75, 3.05) is 0 Å². The molecule has 0 radical (unpaired) electrons. The van der Waals surface area contributed by atoms with E-state index in [-0.39, 0.29) is 12.2 Å². The Labute approximate surface area is 103 Å². The van der Waals surface area contributed by atoms with E-state index in [9.17, 15) is 9.59 Å². The zero-order valence-corrected chi connectivity index (χ0v) is 10.3. The molecule has 0 atom stereocenters. The van der Waals surface area contributed by atoms with Gasteiger partial charge < -0.3 is 4.57 Å². The maximum absolute atomic E-state index is 12.2. The molecule has 0 saturated heterocycles. The zero-order valence-electron chi connectivity index (χ0n) is 10.3. The first-order chi connectivity index (χ1) is 8.65. The number of hydrogen-bond donors (Lipinski definition) is 0. The highest BCUT2D eigenvalue weighted by atomic mass is 16.2. The van der Waals surface area contributed by atoms with Gasteiger partial charge in [0.05, 0.1) is 12.4 Å². The Morgan fingerprint density at radius 1 is 1.28 bits per heavy atom. The van der Waals surface area contributed by atoms with Crippen LogP contribution in [0.4, 0.5) is 0 Å². The van der Waals surface area contributed by atoms with Crippen molar-refractivity contribution in [2.45, 2.75) is 33.5 Å². The summed E-state index contributed by atoms with van der Waals surface area (Å²) in [6, 6.07) is 1.97. The van der Waals surface area contributed by atoms with Gasteiger partial charge in [0.25, 0.3) is 5.56 Å². The Kier molecular flexibility index (Phi) is 3.02. The van der Waals surface area contributed by atoms with E-state index in [4.69, 9.17) is 5.26 Å². The van der Waals surface area contributed by atoms with Gasteiger partial charge in [-0.05, 0) is 13.8 Å². The molecule has 94 valence electrons. The van der Waals surface area contributed by atoms with Crippen LogP contribution < -0.4 is 11.2 Å². The van der Waals surface area contributed by atoms with E-state index in [0.717, 1.165) is 4.57 Å². The average molecular weight is 247 g/mol. The summed E-state index contributed by atoms with van der Waals surface area (Å²) >= 11 is 0. The summed E-state index contributed by atoms with van der Waals surface area (Å²) in [6.07, 6.45) is 1.42. The second-order valence-corrected chi connectivity index (χ2v) is 3.78. The van der Waals surface area contributed by atoms with E-state index in [0.29, 0.717) is 24.3 Å². The Hall–Kier alpha value is -2.36. The fourth-order valence-corrected chi connectivity index (χ4v) is 2.00. The molecule has 0 unspecified atom stereocenters. The van der Waals surface area contributed by atoms with Gasteiger partial charge in [0.2, 0.25) is 0 Å². The highest BCUT2D eigenvalue weighted by Crippen LogP contribution is 2.06. The molecule has 0 amide bonds. The Bertz CT molecular complexity index is 744. The van der Waals surface area contributed by atoms with Gasteiger partial charge in [-0.1, -0.05) is 0 Å². The molecule has 2 rings (SSSR count). The summed E-state index contributed by atoms with van der Waals surface area (Å²) < 4.78 is 4.06. The molecule has 0 fully saturated rings. The Morgan fingerprint density at radius 2 is 1.94 bits per heavy atom. The lowest BCUT2D eigenvalue weighted by molar-refractivity contribution is 0.603. The van der Waals surface area contributed by atoms with Crippen LogP contribution in [-0.2, 0) is 19.6 Å². The Balaban J connectivity index is 2.98. The molecule has 0 spiro atoms. The van der Waals surface area contributed by atoms with Gasteiger partial charge in [-0.3, -0.25) is 13.9 Å². The summed E-state index contributed by atoms with van der Waals surface area (Å²) in [5.41, 5.74) is -0.109. The predicted octanol–water partition coefficient (Wildman–Crippen LogP) is -0.0769. The van der Waals surface area contributed by atoms with Crippen molar-refractivity contribution in [3.05, 3.63) is 27.2 Å². The lowest BCUT2D eigenvalue weighted by Gasteiger charge is -2.08. The van der Waals surface area contributed by atoms with Crippen molar-refractivity contribution in [2.24, 2.45) is 0 Å². The number of hydrogen-bond acceptors (Lipinski definition) is 4. The summed E-state index contributed by atoms with van der Waals surface area (Å²) in [5.74, 6) is 0. The van der Waals surface area contributed by atoms with Gasteiger partial charge in [-0.2, -0.15) is 5.26 Å². The Morgan fingerprint density at radius 3 is 2.50 bits per heavy atom. The van der Waals surface area contributed by atoms with E-state index in [2.05, 4.69) is 4.98 Å². The molecule has 2 heterocycles. The van der Waals surface area contributed by atoms with E-state index in [1.807, 2.05) is 13.0 Å². The fraction of sp³-hybridized carbons (Fsp3) is 0.455. The summed E-state index contributed by atoms with van der Waals surface area (Å²) in [5, 5.41) is 8.72. The molecule has 2 aromatic heterocycles. The first-order valence-corrected chi connectivity index (χ1v) is 5.71. The monoisotopic (exact) mass is 247 g/mol. The van der Waals surface area contributed by atoms with Gasteiger partial charge in [-0.15, -0.1) is 0 Å². The minimum Gasteiger partial charge on any atom is -0.311 e. The zero-order chi connectivity index (χ0) is 13.3.